The fraction of sp³-hybridized carbons (Fsp3) is 0.600. The maximum Gasteiger partial charge on any atom is 0.416 e. The molecule has 1 fully saturated rings. The first-order valence-electron chi connectivity index (χ1n) is 7.01. The van der Waals surface area contributed by atoms with Crippen molar-refractivity contribution >= 4 is 5.69 Å². The van der Waals surface area contributed by atoms with Crippen LogP contribution in [0.5, 0.6) is 0 Å². The molecule has 0 saturated carbocycles. The Morgan fingerprint density at radius 2 is 2.10 bits per heavy atom. The Morgan fingerprint density at radius 3 is 2.70 bits per heavy atom. The van der Waals surface area contributed by atoms with Crippen molar-refractivity contribution in [1.29, 1.82) is 0 Å². The largest absolute Gasteiger partial charge is 0.416 e. The summed E-state index contributed by atoms with van der Waals surface area (Å²) in [6.07, 6.45) is -1.15. The van der Waals surface area contributed by atoms with Crippen molar-refractivity contribution in [2.75, 3.05) is 18.0 Å². The molecule has 1 unspecified atom stereocenters. The van der Waals surface area contributed by atoms with Crippen molar-refractivity contribution in [3.8, 4) is 0 Å². The first-order chi connectivity index (χ1) is 9.45. The molecule has 1 heterocycles. The summed E-state index contributed by atoms with van der Waals surface area (Å²) in [7, 11) is 0. The average Bonchev–Trinajstić information content (AvgIpc) is 2.86. The van der Waals surface area contributed by atoms with E-state index < -0.39 is 18.3 Å². The zero-order chi connectivity index (χ0) is 14.8. The fourth-order valence-corrected chi connectivity index (χ4v) is 2.87. The first-order valence-corrected chi connectivity index (χ1v) is 7.01. The Morgan fingerprint density at radius 1 is 1.35 bits per heavy atom. The highest BCUT2D eigenvalue weighted by Crippen LogP contribution is 2.36. The van der Waals surface area contributed by atoms with E-state index >= 15 is 0 Å². The second-order valence-corrected chi connectivity index (χ2v) is 5.39. The van der Waals surface area contributed by atoms with E-state index in [9.17, 15) is 13.2 Å². The van der Waals surface area contributed by atoms with E-state index in [4.69, 9.17) is 5.11 Å². The van der Waals surface area contributed by atoms with Gasteiger partial charge in [-0.2, -0.15) is 13.2 Å². The van der Waals surface area contributed by atoms with Gasteiger partial charge in [0.05, 0.1) is 12.2 Å². The van der Waals surface area contributed by atoms with E-state index in [0.717, 1.165) is 32.4 Å². The normalized spacial score (nSPS) is 19.6. The Kier molecular flexibility index (Phi) is 4.58. The van der Waals surface area contributed by atoms with E-state index in [0.29, 0.717) is 11.6 Å². The van der Waals surface area contributed by atoms with Crippen molar-refractivity contribution in [2.45, 2.75) is 39.0 Å². The van der Waals surface area contributed by atoms with Gasteiger partial charge in [0.25, 0.3) is 0 Å². The molecular weight excluding hydrogens is 267 g/mol. The SMILES string of the molecule is CCCC1CCN(c2ccc(CO)c(C(F)(F)F)c2)C1. The van der Waals surface area contributed by atoms with Crippen LogP contribution in [0.1, 0.15) is 37.3 Å². The predicted octanol–water partition coefficient (Wildman–Crippen LogP) is 3.82. The maximum atomic E-state index is 13.0. The van der Waals surface area contributed by atoms with Crippen LogP contribution in [0, 0.1) is 5.92 Å². The minimum absolute atomic E-state index is 0.0643. The summed E-state index contributed by atoms with van der Waals surface area (Å²) in [6, 6.07) is 4.22. The van der Waals surface area contributed by atoms with E-state index in [1.54, 1.807) is 6.07 Å². The lowest BCUT2D eigenvalue weighted by Gasteiger charge is -2.21. The van der Waals surface area contributed by atoms with E-state index in [1.165, 1.54) is 12.1 Å². The molecule has 2 nitrogen and oxygen atoms in total. The molecule has 2 rings (SSSR count). The number of aliphatic hydroxyl groups is 1. The summed E-state index contributed by atoms with van der Waals surface area (Å²) in [5, 5.41) is 9.04. The highest BCUT2D eigenvalue weighted by molar-refractivity contribution is 5.52. The Bertz CT molecular complexity index is 459. The van der Waals surface area contributed by atoms with Crippen molar-refractivity contribution in [2.24, 2.45) is 5.92 Å². The number of aliphatic hydroxyl groups excluding tert-OH is 1. The number of hydrogen-bond acceptors (Lipinski definition) is 2. The molecule has 0 amide bonds. The first kappa shape index (κ1) is 15.2. The number of alkyl halides is 3. The molecule has 1 aliphatic heterocycles. The topological polar surface area (TPSA) is 23.5 Å². The molecular formula is C15H20F3NO. The van der Waals surface area contributed by atoms with Crippen molar-refractivity contribution < 1.29 is 18.3 Å². The minimum atomic E-state index is -4.42. The van der Waals surface area contributed by atoms with E-state index in [-0.39, 0.29) is 5.56 Å². The molecule has 1 saturated heterocycles. The third-order valence-corrected chi connectivity index (χ3v) is 3.92. The Balaban J connectivity index is 2.22. The highest BCUT2D eigenvalue weighted by Gasteiger charge is 2.34. The Hall–Kier alpha value is -1.23. The molecule has 1 N–H and O–H groups in total. The monoisotopic (exact) mass is 287 g/mol. The van der Waals surface area contributed by atoms with Gasteiger partial charge < -0.3 is 10.0 Å². The fourth-order valence-electron chi connectivity index (χ4n) is 2.87. The average molecular weight is 287 g/mol. The summed E-state index contributed by atoms with van der Waals surface area (Å²) >= 11 is 0. The number of anilines is 1. The van der Waals surface area contributed by atoms with Gasteiger partial charge in [0.15, 0.2) is 0 Å². The molecule has 0 bridgehead atoms. The standard InChI is InChI=1S/C15H20F3NO/c1-2-3-11-6-7-19(9-11)13-5-4-12(10-20)14(8-13)15(16,17)18/h4-5,8,11,20H,2-3,6-7,9-10H2,1H3. The van der Waals surface area contributed by atoms with Gasteiger partial charge in [0.1, 0.15) is 0 Å². The molecule has 1 aromatic carbocycles. The van der Waals surface area contributed by atoms with Crippen LogP contribution in [0.15, 0.2) is 18.2 Å². The minimum Gasteiger partial charge on any atom is -0.392 e. The number of rotatable bonds is 4. The van der Waals surface area contributed by atoms with Crippen LogP contribution in [0.25, 0.3) is 0 Å². The molecule has 1 atom stereocenters. The Labute approximate surface area is 117 Å². The highest BCUT2D eigenvalue weighted by atomic mass is 19.4. The van der Waals surface area contributed by atoms with Crippen LogP contribution in [0.2, 0.25) is 0 Å². The number of nitrogens with zero attached hydrogens (tertiary/aromatic N) is 1. The van der Waals surface area contributed by atoms with E-state index in [1.807, 2.05) is 4.90 Å². The second-order valence-electron chi connectivity index (χ2n) is 5.39. The summed E-state index contributed by atoms with van der Waals surface area (Å²) in [4.78, 5) is 2.01. The third kappa shape index (κ3) is 3.26. The van der Waals surface area contributed by atoms with Gasteiger partial charge in [-0.05, 0) is 36.5 Å². The lowest BCUT2D eigenvalue weighted by molar-refractivity contribution is -0.138. The number of benzene rings is 1. The molecule has 1 aromatic rings. The molecule has 0 radical (unpaired) electrons. The van der Waals surface area contributed by atoms with Gasteiger partial charge in [-0.15, -0.1) is 0 Å². The number of hydrogen-bond donors (Lipinski definition) is 1. The van der Waals surface area contributed by atoms with Crippen LogP contribution < -0.4 is 4.90 Å². The molecule has 0 aliphatic carbocycles. The zero-order valence-electron chi connectivity index (χ0n) is 11.6. The van der Waals surface area contributed by atoms with Gasteiger partial charge in [0.2, 0.25) is 0 Å². The summed E-state index contributed by atoms with van der Waals surface area (Å²) in [6.45, 7) is 3.16. The second kappa shape index (κ2) is 6.04. The van der Waals surface area contributed by atoms with E-state index in [2.05, 4.69) is 6.92 Å². The summed E-state index contributed by atoms with van der Waals surface area (Å²) in [5.41, 5.74) is -0.185. The summed E-state index contributed by atoms with van der Waals surface area (Å²) < 4.78 is 38.9. The quantitative estimate of drug-likeness (QED) is 0.910. The smallest absolute Gasteiger partial charge is 0.392 e. The van der Waals surface area contributed by atoms with Crippen LogP contribution in [0.3, 0.4) is 0 Å². The lowest BCUT2D eigenvalue weighted by Crippen LogP contribution is -2.21. The molecule has 0 aromatic heterocycles. The molecule has 5 heteroatoms. The lowest BCUT2D eigenvalue weighted by atomic mass is 10.0. The van der Waals surface area contributed by atoms with Crippen LogP contribution in [-0.4, -0.2) is 18.2 Å². The maximum absolute atomic E-state index is 13.0. The van der Waals surface area contributed by atoms with Crippen LogP contribution in [0.4, 0.5) is 18.9 Å². The van der Waals surface area contributed by atoms with Gasteiger partial charge in [-0.25, -0.2) is 0 Å². The van der Waals surface area contributed by atoms with Crippen LogP contribution >= 0.6 is 0 Å². The van der Waals surface area contributed by atoms with Gasteiger partial charge in [0, 0.05) is 18.8 Å². The molecule has 20 heavy (non-hydrogen) atoms. The van der Waals surface area contributed by atoms with Gasteiger partial charge in [-0.1, -0.05) is 19.4 Å². The molecule has 0 spiro atoms. The van der Waals surface area contributed by atoms with Gasteiger partial charge in [-0.3, -0.25) is 0 Å². The molecule has 112 valence electrons. The molecule has 1 aliphatic rings. The van der Waals surface area contributed by atoms with Crippen molar-refractivity contribution in [3.63, 3.8) is 0 Å². The van der Waals surface area contributed by atoms with Crippen LogP contribution in [-0.2, 0) is 12.8 Å². The summed E-state index contributed by atoms with van der Waals surface area (Å²) in [5.74, 6) is 0.576. The van der Waals surface area contributed by atoms with Gasteiger partial charge >= 0.3 is 6.18 Å². The van der Waals surface area contributed by atoms with Crippen molar-refractivity contribution in [3.05, 3.63) is 29.3 Å². The third-order valence-electron chi connectivity index (χ3n) is 3.92. The number of halogens is 3. The zero-order valence-corrected chi connectivity index (χ0v) is 11.6. The van der Waals surface area contributed by atoms with Crippen molar-refractivity contribution in [1.82, 2.24) is 0 Å². The predicted molar refractivity (Wildman–Crippen MR) is 72.6 cm³/mol.